The number of ether oxygens (including phenoxy) is 2. The van der Waals surface area contributed by atoms with Crippen LogP contribution in [0.3, 0.4) is 0 Å². The minimum atomic E-state index is -2.07. The lowest BCUT2D eigenvalue weighted by molar-refractivity contribution is 0.0883. The van der Waals surface area contributed by atoms with Crippen molar-refractivity contribution in [3.8, 4) is 0 Å². The molecule has 0 amide bonds. The van der Waals surface area contributed by atoms with Crippen LogP contribution in [0.25, 0.3) is 0 Å². The van der Waals surface area contributed by atoms with Gasteiger partial charge in [0.2, 0.25) is 0 Å². The van der Waals surface area contributed by atoms with Gasteiger partial charge in [-0.05, 0) is 25.4 Å². The molecule has 0 aromatic carbocycles. The molecule has 17 heavy (non-hydrogen) atoms. The molecule has 0 fully saturated rings. The topological polar surface area (TPSA) is 36.9 Å². The third-order valence-corrected chi connectivity index (χ3v) is 5.32. The molecule has 0 saturated carbocycles. The van der Waals surface area contributed by atoms with E-state index in [-0.39, 0.29) is 0 Å². The van der Waals surface area contributed by atoms with Gasteiger partial charge in [0.1, 0.15) is 0 Å². The van der Waals surface area contributed by atoms with Crippen molar-refractivity contribution < 1.29 is 18.3 Å². The number of hydrogen-bond donors (Lipinski definition) is 0. The molecule has 0 aromatic rings. The summed E-state index contributed by atoms with van der Waals surface area (Å²) in [6.07, 6.45) is 4.00. The maximum absolute atomic E-state index is 5.86. The van der Waals surface area contributed by atoms with Gasteiger partial charge in [-0.25, -0.2) is 0 Å². The molecule has 0 aliphatic heterocycles. The zero-order valence-corrected chi connectivity index (χ0v) is 12.4. The number of rotatable bonds is 12. The van der Waals surface area contributed by atoms with Gasteiger partial charge >= 0.3 is 8.56 Å². The summed E-state index contributed by atoms with van der Waals surface area (Å²) in [6, 6.07) is 0.979. The van der Waals surface area contributed by atoms with Crippen LogP contribution in [-0.2, 0) is 18.3 Å². The lowest BCUT2D eigenvalue weighted by Crippen LogP contribution is -2.40. The SMILES string of the molecule is C=CCCC[Si](C)(OCCOC)OCCOC. The van der Waals surface area contributed by atoms with Gasteiger partial charge < -0.3 is 18.3 Å². The van der Waals surface area contributed by atoms with E-state index in [2.05, 4.69) is 13.1 Å². The Morgan fingerprint density at radius 3 is 1.94 bits per heavy atom. The zero-order valence-electron chi connectivity index (χ0n) is 11.4. The molecule has 5 heteroatoms. The van der Waals surface area contributed by atoms with E-state index in [4.69, 9.17) is 18.3 Å². The van der Waals surface area contributed by atoms with Crippen LogP contribution in [0.5, 0.6) is 0 Å². The fraction of sp³-hybridized carbons (Fsp3) is 0.833. The molecule has 0 N–H and O–H groups in total. The van der Waals surface area contributed by atoms with Crippen molar-refractivity contribution in [1.82, 2.24) is 0 Å². The van der Waals surface area contributed by atoms with E-state index in [1.807, 2.05) is 6.08 Å². The molecule has 0 spiro atoms. The second-order valence-corrected chi connectivity index (χ2v) is 7.34. The predicted octanol–water partition coefficient (Wildman–Crippen LogP) is 2.35. The van der Waals surface area contributed by atoms with E-state index < -0.39 is 8.56 Å². The summed E-state index contributed by atoms with van der Waals surface area (Å²) in [5, 5.41) is 0. The van der Waals surface area contributed by atoms with E-state index in [9.17, 15) is 0 Å². The molecule has 0 aliphatic rings. The normalized spacial score (nSPS) is 11.7. The molecule has 0 aliphatic carbocycles. The Morgan fingerprint density at radius 1 is 1.00 bits per heavy atom. The van der Waals surface area contributed by atoms with Crippen molar-refractivity contribution in [3.05, 3.63) is 12.7 Å². The van der Waals surface area contributed by atoms with E-state index in [1.165, 1.54) is 0 Å². The van der Waals surface area contributed by atoms with Crippen LogP contribution in [0.4, 0.5) is 0 Å². The number of hydrogen-bond acceptors (Lipinski definition) is 4. The Morgan fingerprint density at radius 2 is 1.53 bits per heavy atom. The quantitative estimate of drug-likeness (QED) is 0.307. The Labute approximate surface area is 106 Å². The first-order valence-corrected chi connectivity index (χ1v) is 8.57. The molecule has 0 saturated heterocycles. The molecule has 0 unspecified atom stereocenters. The molecule has 4 nitrogen and oxygen atoms in total. The van der Waals surface area contributed by atoms with Gasteiger partial charge in [0.25, 0.3) is 0 Å². The van der Waals surface area contributed by atoms with E-state index in [0.717, 1.165) is 18.9 Å². The van der Waals surface area contributed by atoms with Crippen LogP contribution < -0.4 is 0 Å². The highest BCUT2D eigenvalue weighted by Gasteiger charge is 2.30. The first-order valence-electron chi connectivity index (χ1n) is 6.05. The van der Waals surface area contributed by atoms with Gasteiger partial charge in [-0.1, -0.05) is 6.08 Å². The average Bonchev–Trinajstić information content (AvgIpc) is 2.30. The van der Waals surface area contributed by atoms with Crippen LogP contribution >= 0.6 is 0 Å². The van der Waals surface area contributed by atoms with Crippen LogP contribution in [-0.4, -0.2) is 49.2 Å². The second kappa shape index (κ2) is 10.9. The van der Waals surface area contributed by atoms with Crippen molar-refractivity contribution in [1.29, 1.82) is 0 Å². The predicted molar refractivity (Wildman–Crippen MR) is 71.5 cm³/mol. The van der Waals surface area contributed by atoms with Gasteiger partial charge in [0, 0.05) is 14.2 Å². The molecule has 0 bridgehead atoms. The maximum Gasteiger partial charge on any atom is 0.335 e. The van der Waals surface area contributed by atoms with E-state index in [1.54, 1.807) is 14.2 Å². The molecule has 0 radical (unpaired) electrons. The van der Waals surface area contributed by atoms with Crippen molar-refractivity contribution in [2.45, 2.75) is 25.4 Å². The fourth-order valence-corrected chi connectivity index (χ4v) is 3.68. The number of allylic oxidation sites excluding steroid dienone is 1. The third kappa shape index (κ3) is 9.49. The summed E-state index contributed by atoms with van der Waals surface area (Å²) in [6.45, 7) is 8.24. The summed E-state index contributed by atoms with van der Waals surface area (Å²) in [7, 11) is 1.28. The summed E-state index contributed by atoms with van der Waals surface area (Å²) >= 11 is 0. The van der Waals surface area contributed by atoms with Crippen molar-refractivity contribution >= 4 is 8.56 Å². The number of methoxy groups -OCH3 is 2. The minimum absolute atomic E-state index is 0.598. The standard InChI is InChI=1S/C12H26O4Si/c1-5-6-7-12-17(4,15-10-8-13-2)16-11-9-14-3/h5H,1,6-12H2,2-4H3. The van der Waals surface area contributed by atoms with Crippen LogP contribution in [0, 0.1) is 0 Å². The second-order valence-electron chi connectivity index (χ2n) is 4.00. The highest BCUT2D eigenvalue weighted by molar-refractivity contribution is 6.66. The Bertz CT molecular complexity index is 177. The largest absolute Gasteiger partial charge is 0.392 e. The smallest absolute Gasteiger partial charge is 0.335 e. The van der Waals surface area contributed by atoms with Crippen LogP contribution in [0.2, 0.25) is 12.6 Å². The summed E-state index contributed by atoms with van der Waals surface area (Å²) < 4.78 is 21.7. The average molecular weight is 262 g/mol. The Kier molecular flexibility index (Phi) is 10.8. The van der Waals surface area contributed by atoms with Crippen LogP contribution in [0.1, 0.15) is 12.8 Å². The molecule has 0 atom stereocenters. The molecule has 0 rings (SSSR count). The monoisotopic (exact) mass is 262 g/mol. The minimum Gasteiger partial charge on any atom is -0.392 e. The first kappa shape index (κ1) is 16.8. The maximum atomic E-state index is 5.86. The molecule has 0 heterocycles. The van der Waals surface area contributed by atoms with E-state index >= 15 is 0 Å². The lowest BCUT2D eigenvalue weighted by Gasteiger charge is -2.26. The van der Waals surface area contributed by atoms with Gasteiger partial charge in [-0.3, -0.25) is 0 Å². The third-order valence-electron chi connectivity index (χ3n) is 2.43. The van der Waals surface area contributed by atoms with Crippen LogP contribution in [0.15, 0.2) is 12.7 Å². The van der Waals surface area contributed by atoms with Gasteiger partial charge in [-0.2, -0.15) is 0 Å². The number of unbranched alkanes of at least 4 members (excludes halogenated alkanes) is 1. The van der Waals surface area contributed by atoms with Gasteiger partial charge in [0.05, 0.1) is 26.4 Å². The molecular weight excluding hydrogens is 236 g/mol. The Balaban J connectivity index is 3.98. The highest BCUT2D eigenvalue weighted by atomic mass is 28.4. The summed E-state index contributed by atoms with van der Waals surface area (Å²) in [5.41, 5.74) is 0. The van der Waals surface area contributed by atoms with Crippen molar-refractivity contribution in [2.24, 2.45) is 0 Å². The van der Waals surface area contributed by atoms with Gasteiger partial charge in [0.15, 0.2) is 0 Å². The zero-order chi connectivity index (χ0) is 13.0. The lowest BCUT2D eigenvalue weighted by atomic mass is 10.3. The first-order chi connectivity index (χ1) is 8.18. The van der Waals surface area contributed by atoms with E-state index in [0.29, 0.717) is 26.4 Å². The summed E-state index contributed by atoms with van der Waals surface area (Å²) in [5.74, 6) is 0. The molecule has 0 aromatic heterocycles. The Hall–Kier alpha value is -0.203. The van der Waals surface area contributed by atoms with Gasteiger partial charge in [-0.15, -0.1) is 6.58 Å². The fourth-order valence-electron chi connectivity index (χ4n) is 1.44. The highest BCUT2D eigenvalue weighted by Crippen LogP contribution is 2.17. The van der Waals surface area contributed by atoms with Crippen molar-refractivity contribution in [3.63, 3.8) is 0 Å². The van der Waals surface area contributed by atoms with Crippen molar-refractivity contribution in [2.75, 3.05) is 40.6 Å². The summed E-state index contributed by atoms with van der Waals surface area (Å²) in [4.78, 5) is 0. The molecule has 102 valence electrons. The molecular formula is C12H26O4Si.